The molecule has 0 aliphatic carbocycles. The zero-order valence-corrected chi connectivity index (χ0v) is 18.5. The van der Waals surface area contributed by atoms with Crippen molar-refractivity contribution in [2.75, 3.05) is 6.61 Å². The number of carbonyl (C=O) groups excluding carboxylic acids is 1. The molecular formula is C27H22F4O3. The molecule has 3 aromatic carbocycles. The molecule has 0 atom stereocenters. The summed E-state index contributed by atoms with van der Waals surface area (Å²) < 4.78 is 65.4. The van der Waals surface area contributed by atoms with E-state index in [0.29, 0.717) is 30.1 Å². The van der Waals surface area contributed by atoms with Crippen molar-refractivity contribution in [3.05, 3.63) is 94.6 Å². The van der Waals surface area contributed by atoms with Crippen molar-refractivity contribution >= 4 is 5.97 Å². The lowest BCUT2D eigenvalue weighted by atomic mass is 10.1. The predicted molar refractivity (Wildman–Crippen MR) is 120 cm³/mol. The lowest BCUT2D eigenvalue weighted by molar-refractivity contribution is 0.0719. The molecule has 0 amide bonds. The number of benzene rings is 3. The van der Waals surface area contributed by atoms with E-state index in [9.17, 15) is 22.4 Å². The van der Waals surface area contributed by atoms with E-state index >= 15 is 0 Å². The Labute approximate surface area is 195 Å². The maximum absolute atomic E-state index is 14.4. The number of hydrogen-bond acceptors (Lipinski definition) is 3. The van der Waals surface area contributed by atoms with Crippen LogP contribution in [0.2, 0.25) is 0 Å². The van der Waals surface area contributed by atoms with E-state index in [1.807, 2.05) is 0 Å². The predicted octanol–water partition coefficient (Wildman–Crippen LogP) is 6.82. The van der Waals surface area contributed by atoms with Gasteiger partial charge in [0.25, 0.3) is 0 Å². The van der Waals surface area contributed by atoms with Crippen LogP contribution in [0.3, 0.4) is 0 Å². The van der Waals surface area contributed by atoms with Gasteiger partial charge in [0.15, 0.2) is 23.3 Å². The third kappa shape index (κ3) is 6.85. The minimum absolute atomic E-state index is 0.0267. The van der Waals surface area contributed by atoms with Gasteiger partial charge in [-0.3, -0.25) is 0 Å². The van der Waals surface area contributed by atoms with Crippen molar-refractivity contribution in [2.24, 2.45) is 0 Å². The summed E-state index contributed by atoms with van der Waals surface area (Å²) in [4.78, 5) is 12.0. The fraction of sp³-hybridized carbons (Fsp3) is 0.222. The van der Waals surface area contributed by atoms with Crippen molar-refractivity contribution in [3.8, 4) is 23.3 Å². The van der Waals surface area contributed by atoms with Gasteiger partial charge in [0, 0.05) is 11.1 Å². The van der Waals surface area contributed by atoms with Gasteiger partial charge in [-0.05, 0) is 61.0 Å². The lowest BCUT2D eigenvalue weighted by Gasteiger charge is -2.07. The molecule has 0 aliphatic heterocycles. The van der Waals surface area contributed by atoms with Gasteiger partial charge >= 0.3 is 5.97 Å². The van der Waals surface area contributed by atoms with Crippen LogP contribution in [0.1, 0.15) is 54.1 Å². The maximum Gasteiger partial charge on any atom is 0.343 e. The van der Waals surface area contributed by atoms with Crippen LogP contribution in [0.5, 0.6) is 11.5 Å². The number of ether oxygens (including phenoxy) is 2. The van der Waals surface area contributed by atoms with E-state index < -0.39 is 40.6 Å². The molecule has 3 nitrogen and oxygen atoms in total. The van der Waals surface area contributed by atoms with Crippen LogP contribution < -0.4 is 9.47 Å². The molecule has 0 N–H and O–H groups in total. The molecule has 0 saturated carbocycles. The highest BCUT2D eigenvalue weighted by atomic mass is 19.2. The van der Waals surface area contributed by atoms with Crippen LogP contribution in [0.4, 0.5) is 17.6 Å². The van der Waals surface area contributed by atoms with Gasteiger partial charge in [0.2, 0.25) is 5.75 Å². The Morgan fingerprint density at radius 2 is 1.44 bits per heavy atom. The summed E-state index contributed by atoms with van der Waals surface area (Å²) >= 11 is 0. The highest BCUT2D eigenvalue weighted by molar-refractivity contribution is 5.91. The summed E-state index contributed by atoms with van der Waals surface area (Å²) in [5.74, 6) is -0.795. The van der Waals surface area contributed by atoms with E-state index in [2.05, 4.69) is 18.8 Å². The molecule has 34 heavy (non-hydrogen) atoms. The molecule has 0 spiro atoms. The lowest BCUT2D eigenvalue weighted by Crippen LogP contribution is -2.11. The fourth-order valence-electron chi connectivity index (χ4n) is 3.00. The first kappa shape index (κ1) is 24.8. The molecule has 176 valence electrons. The standard InChI is InChI=1S/C27H22F4O3/c1-2-3-4-5-14-33-21-11-8-18(9-12-21)6-7-19-15-24(30)26(25(31)16-19)34-27(32)20-10-13-22(28)23(29)17-20/h8-13,15-17H,2-5,14H2,1H3. The summed E-state index contributed by atoms with van der Waals surface area (Å²) in [7, 11) is 0. The average Bonchev–Trinajstić information content (AvgIpc) is 2.82. The zero-order valence-electron chi connectivity index (χ0n) is 18.5. The summed E-state index contributed by atoms with van der Waals surface area (Å²) in [5, 5.41) is 0. The molecule has 7 heteroatoms. The molecule has 0 heterocycles. The molecule has 0 bridgehead atoms. The SMILES string of the molecule is CCCCCCOc1ccc(C#Cc2cc(F)c(OC(=O)c3ccc(F)c(F)c3)c(F)c2)cc1. The quantitative estimate of drug-likeness (QED) is 0.119. The summed E-state index contributed by atoms with van der Waals surface area (Å²) in [6, 6.07) is 11.1. The second kappa shape index (κ2) is 11.9. The first-order valence-corrected chi connectivity index (χ1v) is 10.8. The van der Waals surface area contributed by atoms with Gasteiger partial charge in [0.1, 0.15) is 5.75 Å². The maximum atomic E-state index is 14.4. The smallest absolute Gasteiger partial charge is 0.343 e. The monoisotopic (exact) mass is 470 g/mol. The molecule has 0 saturated heterocycles. The number of carbonyl (C=O) groups is 1. The third-order valence-corrected chi connectivity index (χ3v) is 4.82. The van der Waals surface area contributed by atoms with Gasteiger partial charge in [0.05, 0.1) is 12.2 Å². The van der Waals surface area contributed by atoms with Gasteiger partial charge in [-0.2, -0.15) is 0 Å². The van der Waals surface area contributed by atoms with Crippen molar-refractivity contribution in [1.29, 1.82) is 0 Å². The molecule has 3 rings (SSSR count). The molecule has 0 unspecified atom stereocenters. The number of rotatable bonds is 8. The Morgan fingerprint density at radius 3 is 2.09 bits per heavy atom. The molecule has 0 fully saturated rings. The molecular weight excluding hydrogens is 448 g/mol. The van der Waals surface area contributed by atoms with E-state index in [1.165, 1.54) is 6.42 Å². The van der Waals surface area contributed by atoms with Gasteiger partial charge in [-0.25, -0.2) is 22.4 Å². The minimum atomic E-state index is -1.28. The topological polar surface area (TPSA) is 35.5 Å². The highest BCUT2D eigenvalue weighted by Gasteiger charge is 2.18. The van der Waals surface area contributed by atoms with E-state index in [-0.39, 0.29) is 5.56 Å². The van der Waals surface area contributed by atoms with Crippen LogP contribution >= 0.6 is 0 Å². The first-order valence-electron chi connectivity index (χ1n) is 10.8. The number of halogens is 4. The van der Waals surface area contributed by atoms with Crippen molar-refractivity contribution in [3.63, 3.8) is 0 Å². The van der Waals surface area contributed by atoms with Gasteiger partial charge in [-0.1, -0.05) is 38.0 Å². The van der Waals surface area contributed by atoms with Crippen LogP contribution in [-0.2, 0) is 0 Å². The van der Waals surface area contributed by atoms with Crippen LogP contribution in [0.15, 0.2) is 54.6 Å². The van der Waals surface area contributed by atoms with Crippen molar-refractivity contribution in [1.82, 2.24) is 0 Å². The second-order valence-corrected chi connectivity index (χ2v) is 7.47. The first-order chi connectivity index (χ1) is 16.4. The summed E-state index contributed by atoms with van der Waals surface area (Å²) in [5.41, 5.74) is 0.252. The Morgan fingerprint density at radius 1 is 0.765 bits per heavy atom. The van der Waals surface area contributed by atoms with Crippen LogP contribution in [0, 0.1) is 35.1 Å². The summed E-state index contributed by atoms with van der Waals surface area (Å²) in [6.45, 7) is 2.78. The average molecular weight is 470 g/mol. The number of hydrogen-bond donors (Lipinski definition) is 0. The Balaban J connectivity index is 1.65. The molecule has 3 aromatic rings. The normalized spacial score (nSPS) is 10.4. The number of esters is 1. The summed E-state index contributed by atoms with van der Waals surface area (Å²) in [6.07, 6.45) is 4.44. The molecule has 0 aliphatic rings. The Hall–Kier alpha value is -3.79. The van der Waals surface area contributed by atoms with Crippen molar-refractivity contribution in [2.45, 2.75) is 32.6 Å². The fourth-order valence-corrected chi connectivity index (χ4v) is 3.00. The Kier molecular flexibility index (Phi) is 8.69. The zero-order chi connectivity index (χ0) is 24.5. The van der Waals surface area contributed by atoms with Gasteiger partial charge in [-0.15, -0.1) is 0 Å². The minimum Gasteiger partial charge on any atom is -0.494 e. The van der Waals surface area contributed by atoms with E-state index in [0.717, 1.165) is 37.5 Å². The molecule has 0 radical (unpaired) electrons. The van der Waals surface area contributed by atoms with Crippen LogP contribution in [0.25, 0.3) is 0 Å². The third-order valence-electron chi connectivity index (χ3n) is 4.82. The highest BCUT2D eigenvalue weighted by Crippen LogP contribution is 2.24. The Bertz CT molecular complexity index is 1190. The van der Waals surface area contributed by atoms with Crippen molar-refractivity contribution < 1.29 is 31.8 Å². The van der Waals surface area contributed by atoms with E-state index in [4.69, 9.17) is 9.47 Å². The molecule has 0 aromatic heterocycles. The van der Waals surface area contributed by atoms with Gasteiger partial charge < -0.3 is 9.47 Å². The largest absolute Gasteiger partial charge is 0.494 e. The van der Waals surface area contributed by atoms with Crippen LogP contribution in [-0.4, -0.2) is 12.6 Å². The second-order valence-electron chi connectivity index (χ2n) is 7.47. The van der Waals surface area contributed by atoms with E-state index in [1.54, 1.807) is 24.3 Å². The number of unbranched alkanes of at least 4 members (excludes halogenated alkanes) is 3.